The Morgan fingerprint density at radius 1 is 0.944 bits per heavy atom. The molecule has 6 nitrogen and oxygen atoms in total. The molecule has 36 heavy (non-hydrogen) atoms. The second-order valence-electron chi connectivity index (χ2n) is 9.64. The molecule has 1 N–H and O–H groups in total. The highest BCUT2D eigenvalue weighted by molar-refractivity contribution is 6.05. The van der Waals surface area contributed by atoms with E-state index in [1.807, 2.05) is 0 Å². The van der Waals surface area contributed by atoms with E-state index < -0.39 is 35.4 Å². The summed E-state index contributed by atoms with van der Waals surface area (Å²) in [6.07, 6.45) is -2.64. The number of rotatable bonds is 4. The van der Waals surface area contributed by atoms with Crippen LogP contribution in [0.15, 0.2) is 36.4 Å². The van der Waals surface area contributed by atoms with E-state index >= 15 is 4.39 Å². The van der Waals surface area contributed by atoms with Crippen LogP contribution in [0.25, 0.3) is 0 Å². The number of halogens is 4. The van der Waals surface area contributed by atoms with E-state index in [9.17, 15) is 27.6 Å². The normalized spacial score (nSPS) is 21.6. The zero-order valence-corrected chi connectivity index (χ0v) is 19.4. The minimum absolute atomic E-state index is 0.00706. The summed E-state index contributed by atoms with van der Waals surface area (Å²) in [5.41, 5.74) is 1.19. The van der Waals surface area contributed by atoms with Gasteiger partial charge >= 0.3 is 6.18 Å². The average molecular weight is 503 g/mol. The number of benzene rings is 2. The number of carbonyl (C=O) groups excluding carboxylic acids is 3. The molecule has 10 heteroatoms. The van der Waals surface area contributed by atoms with Crippen molar-refractivity contribution < 1.29 is 31.9 Å². The summed E-state index contributed by atoms with van der Waals surface area (Å²) < 4.78 is 53.9. The quantitative estimate of drug-likeness (QED) is 0.506. The van der Waals surface area contributed by atoms with E-state index in [2.05, 4.69) is 10.2 Å². The number of amides is 3. The van der Waals surface area contributed by atoms with Crippen molar-refractivity contribution in [2.45, 2.75) is 56.9 Å². The second kappa shape index (κ2) is 9.31. The number of likely N-dealkylation sites (tertiary alicyclic amines) is 1. The summed E-state index contributed by atoms with van der Waals surface area (Å²) in [7, 11) is 0. The van der Waals surface area contributed by atoms with Crippen LogP contribution >= 0.6 is 0 Å². The molecule has 0 bridgehead atoms. The molecule has 3 amide bonds. The van der Waals surface area contributed by atoms with E-state index in [1.165, 1.54) is 17.0 Å². The summed E-state index contributed by atoms with van der Waals surface area (Å²) in [5, 5.41) is 2.24. The van der Waals surface area contributed by atoms with Crippen LogP contribution in [0.2, 0.25) is 0 Å². The van der Waals surface area contributed by atoms with Gasteiger partial charge in [0.05, 0.1) is 12.1 Å². The highest BCUT2D eigenvalue weighted by Gasteiger charge is 2.41. The number of imide groups is 1. The fraction of sp³-hybridized carbons (Fsp3) is 0.423. The van der Waals surface area contributed by atoms with Crippen molar-refractivity contribution in [3.63, 3.8) is 0 Å². The first-order valence-electron chi connectivity index (χ1n) is 12.0. The van der Waals surface area contributed by atoms with Gasteiger partial charge in [0.25, 0.3) is 5.91 Å². The van der Waals surface area contributed by atoms with Gasteiger partial charge in [0, 0.05) is 24.1 Å². The maximum atomic E-state index is 15.6. The Balaban J connectivity index is 1.23. The van der Waals surface area contributed by atoms with Gasteiger partial charge in [-0.15, -0.1) is 0 Å². The van der Waals surface area contributed by atoms with Crippen LogP contribution in [0, 0.1) is 5.82 Å². The average Bonchev–Trinajstić information content (AvgIpc) is 3.17. The SMILES string of the molecule is O=C1CCC(N2Cc3c(ccc(C4CCN(Cc5ccc(C(F)(F)F)cc5)CC4)c3F)C2=O)C(=O)N1. The first-order chi connectivity index (χ1) is 17.1. The van der Waals surface area contributed by atoms with Crippen molar-refractivity contribution in [2.24, 2.45) is 0 Å². The number of piperidine rings is 2. The summed E-state index contributed by atoms with van der Waals surface area (Å²) in [6.45, 7) is 1.85. The Hall–Kier alpha value is -3.27. The Kier molecular flexibility index (Phi) is 6.32. The zero-order chi connectivity index (χ0) is 25.6. The molecule has 2 aromatic carbocycles. The van der Waals surface area contributed by atoms with Crippen molar-refractivity contribution in [1.29, 1.82) is 0 Å². The lowest BCUT2D eigenvalue weighted by molar-refractivity contribution is -0.138. The molecule has 3 aliphatic heterocycles. The van der Waals surface area contributed by atoms with Gasteiger partial charge in [-0.2, -0.15) is 13.2 Å². The van der Waals surface area contributed by atoms with Crippen LogP contribution in [-0.2, 0) is 28.9 Å². The summed E-state index contributed by atoms with van der Waals surface area (Å²) in [4.78, 5) is 40.0. The number of hydrogen-bond acceptors (Lipinski definition) is 4. The minimum atomic E-state index is -4.36. The number of fused-ring (bicyclic) bond motifs is 1. The van der Waals surface area contributed by atoms with Crippen LogP contribution in [0.5, 0.6) is 0 Å². The van der Waals surface area contributed by atoms with Crippen molar-refractivity contribution in [2.75, 3.05) is 13.1 Å². The molecular formula is C26H25F4N3O3. The lowest BCUT2D eigenvalue weighted by Crippen LogP contribution is -2.52. The molecule has 0 radical (unpaired) electrons. The predicted octanol–water partition coefficient (Wildman–Crippen LogP) is 3.99. The highest BCUT2D eigenvalue weighted by Crippen LogP contribution is 2.36. The summed E-state index contributed by atoms with van der Waals surface area (Å²) >= 11 is 0. The molecule has 2 saturated heterocycles. The molecule has 3 aliphatic rings. The fourth-order valence-corrected chi connectivity index (χ4v) is 5.40. The molecule has 0 aliphatic carbocycles. The van der Waals surface area contributed by atoms with Gasteiger partial charge < -0.3 is 4.90 Å². The Morgan fingerprint density at radius 2 is 1.64 bits per heavy atom. The molecule has 0 saturated carbocycles. The van der Waals surface area contributed by atoms with Crippen molar-refractivity contribution in [3.05, 3.63) is 70.0 Å². The van der Waals surface area contributed by atoms with Gasteiger partial charge in [-0.05, 0) is 67.6 Å². The van der Waals surface area contributed by atoms with Crippen LogP contribution in [0.4, 0.5) is 17.6 Å². The Morgan fingerprint density at radius 3 is 2.28 bits per heavy atom. The molecule has 2 fully saturated rings. The molecule has 190 valence electrons. The van der Waals surface area contributed by atoms with Gasteiger partial charge in [0.15, 0.2) is 0 Å². The van der Waals surface area contributed by atoms with Gasteiger partial charge in [-0.25, -0.2) is 4.39 Å². The predicted molar refractivity (Wildman–Crippen MR) is 121 cm³/mol. The van der Waals surface area contributed by atoms with E-state index in [-0.39, 0.29) is 42.3 Å². The monoisotopic (exact) mass is 503 g/mol. The van der Waals surface area contributed by atoms with Crippen LogP contribution in [0.1, 0.15) is 64.2 Å². The van der Waals surface area contributed by atoms with Crippen LogP contribution < -0.4 is 5.32 Å². The molecule has 0 spiro atoms. The third-order valence-corrected chi connectivity index (χ3v) is 7.39. The lowest BCUT2D eigenvalue weighted by Gasteiger charge is -2.32. The Bertz CT molecular complexity index is 1200. The third kappa shape index (κ3) is 4.61. The highest BCUT2D eigenvalue weighted by atomic mass is 19.4. The topological polar surface area (TPSA) is 69.7 Å². The first-order valence-corrected chi connectivity index (χ1v) is 12.0. The van der Waals surface area contributed by atoms with E-state index in [1.54, 1.807) is 12.1 Å². The molecule has 1 atom stereocenters. The minimum Gasteiger partial charge on any atom is -0.322 e. The van der Waals surface area contributed by atoms with E-state index in [4.69, 9.17) is 0 Å². The number of alkyl halides is 3. The van der Waals surface area contributed by atoms with Crippen molar-refractivity contribution >= 4 is 17.7 Å². The molecule has 5 rings (SSSR count). The molecule has 0 aromatic heterocycles. The Labute approximate surface area is 205 Å². The largest absolute Gasteiger partial charge is 0.416 e. The van der Waals surface area contributed by atoms with Crippen molar-refractivity contribution in [3.8, 4) is 0 Å². The number of carbonyl (C=O) groups is 3. The molecular weight excluding hydrogens is 478 g/mol. The molecule has 2 aromatic rings. The maximum absolute atomic E-state index is 15.6. The van der Waals surface area contributed by atoms with Crippen LogP contribution in [0.3, 0.4) is 0 Å². The molecule has 3 heterocycles. The first kappa shape index (κ1) is 24.4. The summed E-state index contributed by atoms with van der Waals surface area (Å²) in [5.74, 6) is -1.78. The van der Waals surface area contributed by atoms with Crippen molar-refractivity contribution in [1.82, 2.24) is 15.1 Å². The zero-order valence-electron chi connectivity index (χ0n) is 19.4. The smallest absolute Gasteiger partial charge is 0.322 e. The van der Waals surface area contributed by atoms with E-state index in [0.29, 0.717) is 38.0 Å². The van der Waals surface area contributed by atoms with E-state index in [0.717, 1.165) is 17.7 Å². The number of hydrogen-bond donors (Lipinski definition) is 1. The summed E-state index contributed by atoms with van der Waals surface area (Å²) in [6, 6.07) is 7.62. The third-order valence-electron chi connectivity index (χ3n) is 7.39. The molecule has 1 unspecified atom stereocenters. The van der Waals surface area contributed by atoms with Gasteiger partial charge in [-0.1, -0.05) is 18.2 Å². The second-order valence-corrected chi connectivity index (χ2v) is 9.64. The fourth-order valence-electron chi connectivity index (χ4n) is 5.40. The van der Waals surface area contributed by atoms with Gasteiger partial charge in [-0.3, -0.25) is 24.6 Å². The maximum Gasteiger partial charge on any atom is 0.416 e. The van der Waals surface area contributed by atoms with Gasteiger partial charge in [0.2, 0.25) is 11.8 Å². The lowest BCUT2D eigenvalue weighted by atomic mass is 9.87. The van der Waals surface area contributed by atoms with Gasteiger partial charge in [0.1, 0.15) is 11.9 Å². The number of nitrogens with one attached hydrogen (secondary N) is 1. The standard InChI is InChI=1S/C26H25F4N3O3/c27-23-18(5-6-19-20(23)14-33(25(19)36)21-7-8-22(34)31-24(21)35)16-9-11-32(12-10-16)13-15-1-3-17(4-2-15)26(28,29)30/h1-6,16,21H,7-14H2,(H,31,34,35). The number of nitrogens with zero attached hydrogens (tertiary/aromatic N) is 2. The van der Waals surface area contributed by atoms with Crippen LogP contribution in [-0.4, -0.2) is 46.7 Å².